The molecule has 0 atom stereocenters. The summed E-state index contributed by atoms with van der Waals surface area (Å²) >= 11 is 0. The lowest BCUT2D eigenvalue weighted by Crippen LogP contribution is -2.29. The second kappa shape index (κ2) is 7.02. The summed E-state index contributed by atoms with van der Waals surface area (Å²) in [6, 6.07) is 11.6. The molecule has 2 aromatic rings. The van der Waals surface area contributed by atoms with Crippen molar-refractivity contribution in [3.63, 3.8) is 0 Å². The molecule has 0 aromatic heterocycles. The van der Waals surface area contributed by atoms with E-state index in [1.807, 2.05) is 0 Å². The lowest BCUT2D eigenvalue weighted by molar-refractivity contribution is 0.426. The Morgan fingerprint density at radius 1 is 1.05 bits per heavy atom. The molecule has 8 heteroatoms. The third kappa shape index (κ3) is 4.14. The highest BCUT2D eigenvalue weighted by Gasteiger charge is 2.18. The zero-order valence-corrected chi connectivity index (χ0v) is 12.4. The van der Waals surface area contributed by atoms with Crippen LogP contribution in [0.3, 0.4) is 0 Å². The number of benzene rings is 2. The third-order valence-electron chi connectivity index (χ3n) is 3.07. The van der Waals surface area contributed by atoms with Crippen LogP contribution in [-0.2, 0) is 16.4 Å². The van der Waals surface area contributed by atoms with Crippen LogP contribution in [-0.4, -0.2) is 31.5 Å². The first-order chi connectivity index (χ1) is 10.4. The van der Waals surface area contributed by atoms with Crippen molar-refractivity contribution in [2.75, 3.05) is 5.88 Å². The largest absolute Gasteiger partial charge is 0.488 e. The maximum absolute atomic E-state index is 13.5. The minimum absolute atomic E-state index is 0.259. The highest BCUT2D eigenvalue weighted by molar-refractivity contribution is 7.91. The summed E-state index contributed by atoms with van der Waals surface area (Å²) in [5.74, 6) is -1.16. The summed E-state index contributed by atoms with van der Waals surface area (Å²) in [5.41, 5.74) is 1.12. The van der Waals surface area contributed by atoms with E-state index < -0.39 is 28.6 Å². The van der Waals surface area contributed by atoms with Crippen LogP contribution in [0.15, 0.2) is 53.4 Å². The van der Waals surface area contributed by atoms with Crippen LogP contribution in [0.5, 0.6) is 0 Å². The molecule has 3 N–H and O–H groups in total. The molecule has 0 heterocycles. The molecule has 0 unspecified atom stereocenters. The highest BCUT2D eigenvalue weighted by atomic mass is 32.2. The zero-order chi connectivity index (χ0) is 16.2. The fourth-order valence-electron chi connectivity index (χ4n) is 1.91. The van der Waals surface area contributed by atoms with Crippen molar-refractivity contribution in [1.82, 2.24) is 5.32 Å². The molecule has 2 aromatic carbocycles. The lowest BCUT2D eigenvalue weighted by atomic mass is 9.80. The van der Waals surface area contributed by atoms with Gasteiger partial charge in [-0.15, -0.1) is 0 Å². The molecule has 0 fully saturated rings. The normalized spacial score (nSPS) is 11.4. The van der Waals surface area contributed by atoms with Gasteiger partial charge in [0.2, 0.25) is 0 Å². The molecule has 0 bridgehead atoms. The second-order valence-corrected chi connectivity index (χ2v) is 6.69. The monoisotopic (exact) mass is 323 g/mol. The van der Waals surface area contributed by atoms with Gasteiger partial charge in [0.05, 0.1) is 0 Å². The second-order valence-electron chi connectivity index (χ2n) is 4.73. The van der Waals surface area contributed by atoms with Crippen molar-refractivity contribution >= 4 is 22.4 Å². The lowest BCUT2D eigenvalue weighted by Gasteiger charge is -2.08. The van der Waals surface area contributed by atoms with Crippen molar-refractivity contribution in [3.05, 3.63) is 59.9 Å². The van der Waals surface area contributed by atoms with Gasteiger partial charge in [0.15, 0.2) is 9.84 Å². The number of nitrogens with one attached hydrogen (secondary N) is 1. The van der Waals surface area contributed by atoms with Crippen molar-refractivity contribution in [3.8, 4) is 0 Å². The van der Waals surface area contributed by atoms with Crippen LogP contribution < -0.4 is 10.8 Å². The Bertz CT molecular complexity index is 735. The SMILES string of the molecule is O=S(=O)(CNCc1ccc(B(O)O)cc1)c1ccccc1F. The summed E-state index contributed by atoms with van der Waals surface area (Å²) in [6.45, 7) is 0.259. The molecular weight excluding hydrogens is 308 g/mol. The summed E-state index contributed by atoms with van der Waals surface area (Å²) in [7, 11) is -5.29. The fourth-order valence-corrected chi connectivity index (χ4v) is 3.09. The number of sulfone groups is 1. The molecule has 0 aliphatic rings. The quantitative estimate of drug-likeness (QED) is 0.653. The first kappa shape index (κ1) is 16.6. The zero-order valence-electron chi connectivity index (χ0n) is 11.6. The van der Waals surface area contributed by atoms with Crippen molar-refractivity contribution in [1.29, 1.82) is 0 Å². The van der Waals surface area contributed by atoms with Gasteiger partial charge in [-0.05, 0) is 23.2 Å². The maximum Gasteiger partial charge on any atom is 0.488 e. The third-order valence-corrected chi connectivity index (χ3v) is 4.66. The van der Waals surface area contributed by atoms with Gasteiger partial charge in [-0.3, -0.25) is 5.32 Å². The van der Waals surface area contributed by atoms with E-state index in [2.05, 4.69) is 5.32 Å². The minimum Gasteiger partial charge on any atom is -0.423 e. The van der Waals surface area contributed by atoms with E-state index >= 15 is 0 Å². The fraction of sp³-hybridized carbons (Fsp3) is 0.143. The van der Waals surface area contributed by atoms with Crippen LogP contribution in [0.25, 0.3) is 0 Å². The molecule has 22 heavy (non-hydrogen) atoms. The predicted molar refractivity (Wildman–Crippen MR) is 81.6 cm³/mol. The summed E-state index contributed by atoms with van der Waals surface area (Å²) < 4.78 is 37.5. The highest BCUT2D eigenvalue weighted by Crippen LogP contribution is 2.14. The Hall–Kier alpha value is -1.74. The van der Waals surface area contributed by atoms with E-state index in [0.717, 1.165) is 11.6 Å². The molecular formula is C14H15BFNO4S. The number of hydrogen-bond acceptors (Lipinski definition) is 5. The van der Waals surface area contributed by atoms with E-state index in [-0.39, 0.29) is 11.4 Å². The van der Waals surface area contributed by atoms with Gasteiger partial charge in [0.1, 0.15) is 16.6 Å². The van der Waals surface area contributed by atoms with Crippen LogP contribution in [0.1, 0.15) is 5.56 Å². The standard InChI is InChI=1S/C14H15BFNO4S/c16-13-3-1-2-4-14(13)22(20,21)10-17-9-11-5-7-12(8-6-11)15(18)19/h1-8,17-19H,9-10H2. The van der Waals surface area contributed by atoms with Gasteiger partial charge in [-0.25, -0.2) is 12.8 Å². The van der Waals surface area contributed by atoms with Gasteiger partial charge in [0, 0.05) is 6.54 Å². The first-order valence-electron chi connectivity index (χ1n) is 6.53. The molecule has 5 nitrogen and oxygen atoms in total. The molecule has 0 saturated heterocycles. The summed E-state index contributed by atoms with van der Waals surface area (Å²) in [5, 5.41) is 20.7. The summed E-state index contributed by atoms with van der Waals surface area (Å²) in [6.07, 6.45) is 0. The van der Waals surface area contributed by atoms with E-state index in [1.54, 1.807) is 12.1 Å². The topological polar surface area (TPSA) is 86.6 Å². The van der Waals surface area contributed by atoms with E-state index in [9.17, 15) is 12.8 Å². The smallest absolute Gasteiger partial charge is 0.423 e. The molecule has 2 rings (SSSR count). The van der Waals surface area contributed by atoms with Gasteiger partial charge >= 0.3 is 7.12 Å². The Morgan fingerprint density at radius 2 is 1.68 bits per heavy atom. The number of hydrogen-bond donors (Lipinski definition) is 3. The van der Waals surface area contributed by atoms with E-state index in [1.165, 1.54) is 30.3 Å². The molecule has 0 spiro atoms. The Labute approximate surface area is 128 Å². The molecule has 0 aliphatic heterocycles. The van der Waals surface area contributed by atoms with Crippen molar-refractivity contribution < 1.29 is 22.9 Å². The number of halogens is 1. The van der Waals surface area contributed by atoms with Crippen LogP contribution in [0.2, 0.25) is 0 Å². The van der Waals surface area contributed by atoms with Crippen LogP contribution in [0, 0.1) is 5.82 Å². The van der Waals surface area contributed by atoms with Crippen LogP contribution in [0.4, 0.5) is 4.39 Å². The average Bonchev–Trinajstić information content (AvgIpc) is 2.48. The predicted octanol–water partition coefficient (Wildman–Crippen LogP) is 0.0265. The average molecular weight is 323 g/mol. The Morgan fingerprint density at radius 3 is 2.27 bits per heavy atom. The van der Waals surface area contributed by atoms with Gasteiger partial charge in [-0.2, -0.15) is 0 Å². The van der Waals surface area contributed by atoms with Gasteiger partial charge < -0.3 is 10.0 Å². The summed E-state index contributed by atoms with van der Waals surface area (Å²) in [4.78, 5) is -0.332. The number of rotatable bonds is 6. The molecule has 0 saturated carbocycles. The minimum atomic E-state index is -3.75. The Kier molecular flexibility index (Phi) is 5.30. The van der Waals surface area contributed by atoms with Crippen molar-refractivity contribution in [2.24, 2.45) is 0 Å². The van der Waals surface area contributed by atoms with Gasteiger partial charge in [0.25, 0.3) is 0 Å². The molecule has 116 valence electrons. The van der Waals surface area contributed by atoms with Gasteiger partial charge in [-0.1, -0.05) is 36.4 Å². The van der Waals surface area contributed by atoms with E-state index in [0.29, 0.717) is 5.46 Å². The van der Waals surface area contributed by atoms with Crippen LogP contribution >= 0.6 is 0 Å². The molecule has 0 radical (unpaired) electrons. The molecule has 0 aliphatic carbocycles. The molecule has 0 amide bonds. The first-order valence-corrected chi connectivity index (χ1v) is 8.18. The van der Waals surface area contributed by atoms with Crippen molar-refractivity contribution in [2.45, 2.75) is 11.4 Å². The maximum atomic E-state index is 13.5. The van der Waals surface area contributed by atoms with E-state index in [4.69, 9.17) is 10.0 Å². The Balaban J connectivity index is 1.97.